The fraction of sp³-hybridized carbons (Fsp3) is 0.571. The number of hydrogen-bond acceptors (Lipinski definition) is 2. The molecule has 0 aliphatic rings. The van der Waals surface area contributed by atoms with Crippen LogP contribution in [0.25, 0.3) is 0 Å². The Bertz CT molecular complexity index is 416. The molecule has 0 aliphatic heterocycles. The van der Waals surface area contributed by atoms with E-state index in [4.69, 9.17) is 4.74 Å². The van der Waals surface area contributed by atoms with Gasteiger partial charge in [-0.15, -0.1) is 0 Å². The normalized spacial score (nSPS) is 13.9. The number of ether oxygens (including phenoxy) is 1. The predicted octanol–water partition coefficient (Wildman–Crippen LogP) is 3.70. The Labute approximate surface area is 112 Å². The summed E-state index contributed by atoms with van der Waals surface area (Å²) < 4.78 is 43.3. The fourth-order valence-corrected chi connectivity index (χ4v) is 1.86. The van der Waals surface area contributed by atoms with Crippen LogP contribution in [0.4, 0.5) is 13.2 Å². The second-order valence-corrected chi connectivity index (χ2v) is 4.79. The first-order valence-electron chi connectivity index (χ1n) is 6.22. The Balaban J connectivity index is 2.93. The molecule has 0 radical (unpaired) electrons. The molecule has 0 aliphatic carbocycles. The summed E-state index contributed by atoms with van der Waals surface area (Å²) in [6, 6.07) is 3.70. The van der Waals surface area contributed by atoms with Crippen LogP contribution in [-0.2, 0) is 10.9 Å². The number of likely N-dealkylation sites (N-methyl/N-ethyl adjacent to an activating group) is 1. The zero-order valence-corrected chi connectivity index (χ0v) is 11.6. The summed E-state index contributed by atoms with van der Waals surface area (Å²) in [6.07, 6.45) is -4.21. The van der Waals surface area contributed by atoms with Gasteiger partial charge in [-0.2, -0.15) is 13.2 Å². The molecule has 0 amide bonds. The van der Waals surface area contributed by atoms with Crippen molar-refractivity contribution in [1.82, 2.24) is 5.32 Å². The van der Waals surface area contributed by atoms with Gasteiger partial charge in [0.25, 0.3) is 0 Å². The molecule has 108 valence electrons. The number of aryl methyl sites for hydroxylation is 1. The number of rotatable bonds is 5. The van der Waals surface area contributed by atoms with Crippen LogP contribution in [0.5, 0.6) is 0 Å². The molecule has 0 fully saturated rings. The van der Waals surface area contributed by atoms with Crippen LogP contribution in [0.1, 0.15) is 36.6 Å². The summed E-state index contributed by atoms with van der Waals surface area (Å²) in [5, 5.41) is 3.07. The molecule has 1 atom stereocenters. The molecule has 1 rings (SSSR count). The second kappa shape index (κ2) is 6.39. The third-order valence-electron chi connectivity index (χ3n) is 2.92. The van der Waals surface area contributed by atoms with E-state index in [1.165, 1.54) is 12.1 Å². The standard InChI is InChI=1S/C14H20F3NO/c1-9(2)19-8-13(18-4)12-6-5-11(7-10(12)3)14(15,16)17/h5-7,9,13,18H,8H2,1-4H3. The minimum atomic E-state index is -4.30. The van der Waals surface area contributed by atoms with Gasteiger partial charge in [-0.25, -0.2) is 0 Å². The summed E-state index contributed by atoms with van der Waals surface area (Å²) in [7, 11) is 1.77. The van der Waals surface area contributed by atoms with Crippen molar-refractivity contribution < 1.29 is 17.9 Å². The molecule has 0 heterocycles. The lowest BCUT2D eigenvalue weighted by Crippen LogP contribution is -2.24. The molecule has 0 aromatic heterocycles. The maximum atomic E-state index is 12.6. The highest BCUT2D eigenvalue weighted by molar-refractivity contribution is 5.34. The first kappa shape index (κ1) is 16.0. The van der Waals surface area contributed by atoms with E-state index in [0.29, 0.717) is 12.2 Å². The van der Waals surface area contributed by atoms with Crippen LogP contribution in [0.2, 0.25) is 0 Å². The molecule has 0 saturated heterocycles. The van der Waals surface area contributed by atoms with Gasteiger partial charge in [0.05, 0.1) is 24.3 Å². The van der Waals surface area contributed by atoms with Gasteiger partial charge < -0.3 is 10.1 Å². The molecule has 0 spiro atoms. The van der Waals surface area contributed by atoms with Crippen molar-refractivity contribution in [3.63, 3.8) is 0 Å². The van der Waals surface area contributed by atoms with Crippen molar-refractivity contribution in [2.75, 3.05) is 13.7 Å². The number of nitrogens with one attached hydrogen (secondary N) is 1. The number of benzene rings is 1. The van der Waals surface area contributed by atoms with Gasteiger partial charge in [0, 0.05) is 0 Å². The molecule has 1 aromatic rings. The summed E-state index contributed by atoms with van der Waals surface area (Å²) in [5.74, 6) is 0. The molecular weight excluding hydrogens is 255 g/mol. The summed E-state index contributed by atoms with van der Waals surface area (Å²) in [5.41, 5.74) is 0.825. The fourth-order valence-electron chi connectivity index (χ4n) is 1.86. The van der Waals surface area contributed by atoms with E-state index in [9.17, 15) is 13.2 Å². The van der Waals surface area contributed by atoms with Crippen LogP contribution >= 0.6 is 0 Å². The first-order valence-corrected chi connectivity index (χ1v) is 6.22. The molecule has 0 saturated carbocycles. The second-order valence-electron chi connectivity index (χ2n) is 4.79. The minimum Gasteiger partial charge on any atom is -0.377 e. The molecule has 19 heavy (non-hydrogen) atoms. The zero-order valence-electron chi connectivity index (χ0n) is 11.6. The quantitative estimate of drug-likeness (QED) is 0.884. The van der Waals surface area contributed by atoms with Gasteiger partial charge >= 0.3 is 6.18 Å². The van der Waals surface area contributed by atoms with Crippen molar-refractivity contribution in [2.45, 2.75) is 39.1 Å². The molecule has 1 aromatic carbocycles. The topological polar surface area (TPSA) is 21.3 Å². The number of halogens is 3. The first-order chi connectivity index (χ1) is 8.75. The lowest BCUT2D eigenvalue weighted by Gasteiger charge is -2.21. The highest BCUT2D eigenvalue weighted by atomic mass is 19.4. The largest absolute Gasteiger partial charge is 0.416 e. The van der Waals surface area contributed by atoms with Crippen molar-refractivity contribution in [3.8, 4) is 0 Å². The average molecular weight is 275 g/mol. The van der Waals surface area contributed by atoms with Crippen molar-refractivity contribution >= 4 is 0 Å². The Morgan fingerprint density at radius 2 is 1.89 bits per heavy atom. The minimum absolute atomic E-state index is 0.0885. The van der Waals surface area contributed by atoms with E-state index in [0.717, 1.165) is 11.6 Å². The Hall–Kier alpha value is -1.07. The van der Waals surface area contributed by atoms with Gasteiger partial charge in [-0.3, -0.25) is 0 Å². The zero-order chi connectivity index (χ0) is 14.6. The van der Waals surface area contributed by atoms with E-state index in [1.807, 2.05) is 13.8 Å². The van der Waals surface area contributed by atoms with Gasteiger partial charge in [-0.05, 0) is 51.1 Å². The molecule has 2 nitrogen and oxygen atoms in total. The maximum absolute atomic E-state index is 12.6. The molecular formula is C14H20F3NO. The lowest BCUT2D eigenvalue weighted by atomic mass is 9.99. The maximum Gasteiger partial charge on any atom is 0.416 e. The third kappa shape index (κ3) is 4.51. The molecule has 1 N–H and O–H groups in total. The van der Waals surface area contributed by atoms with Crippen LogP contribution in [0.3, 0.4) is 0 Å². The Morgan fingerprint density at radius 3 is 2.32 bits per heavy atom. The van der Waals surface area contributed by atoms with E-state index < -0.39 is 11.7 Å². The van der Waals surface area contributed by atoms with E-state index >= 15 is 0 Å². The van der Waals surface area contributed by atoms with E-state index in [1.54, 1.807) is 14.0 Å². The summed E-state index contributed by atoms with van der Waals surface area (Å²) in [4.78, 5) is 0. The summed E-state index contributed by atoms with van der Waals surface area (Å²) in [6.45, 7) is 5.96. The number of hydrogen-bond donors (Lipinski definition) is 1. The van der Waals surface area contributed by atoms with E-state index in [2.05, 4.69) is 5.32 Å². The van der Waals surface area contributed by atoms with Crippen molar-refractivity contribution in [1.29, 1.82) is 0 Å². The van der Waals surface area contributed by atoms with Crippen LogP contribution in [0.15, 0.2) is 18.2 Å². The monoisotopic (exact) mass is 275 g/mol. The van der Waals surface area contributed by atoms with Crippen LogP contribution < -0.4 is 5.32 Å². The SMILES string of the molecule is CNC(COC(C)C)c1ccc(C(F)(F)F)cc1C. The van der Waals surface area contributed by atoms with Crippen LogP contribution in [0, 0.1) is 6.92 Å². The average Bonchev–Trinajstić information content (AvgIpc) is 2.29. The van der Waals surface area contributed by atoms with Gasteiger partial charge in [0.15, 0.2) is 0 Å². The third-order valence-corrected chi connectivity index (χ3v) is 2.92. The smallest absolute Gasteiger partial charge is 0.377 e. The van der Waals surface area contributed by atoms with Crippen molar-refractivity contribution in [3.05, 3.63) is 34.9 Å². The predicted molar refractivity (Wildman–Crippen MR) is 69.1 cm³/mol. The van der Waals surface area contributed by atoms with Crippen LogP contribution in [-0.4, -0.2) is 19.8 Å². The van der Waals surface area contributed by atoms with E-state index in [-0.39, 0.29) is 12.1 Å². The Kier molecular flexibility index (Phi) is 5.38. The van der Waals surface area contributed by atoms with Gasteiger partial charge in [0.2, 0.25) is 0 Å². The van der Waals surface area contributed by atoms with Crippen molar-refractivity contribution in [2.24, 2.45) is 0 Å². The number of alkyl halides is 3. The Morgan fingerprint density at radius 1 is 1.26 bits per heavy atom. The van der Waals surface area contributed by atoms with Gasteiger partial charge in [-0.1, -0.05) is 6.07 Å². The highest BCUT2D eigenvalue weighted by Crippen LogP contribution is 2.31. The molecule has 0 bridgehead atoms. The molecule has 5 heteroatoms. The highest BCUT2D eigenvalue weighted by Gasteiger charge is 2.31. The lowest BCUT2D eigenvalue weighted by molar-refractivity contribution is -0.137. The van der Waals surface area contributed by atoms with Gasteiger partial charge in [0.1, 0.15) is 0 Å². The summed E-state index contributed by atoms with van der Waals surface area (Å²) >= 11 is 0. The molecule has 1 unspecified atom stereocenters.